The second kappa shape index (κ2) is 13.4. The average molecular weight is 505 g/mol. The minimum atomic E-state index is 0. The van der Waals surface area contributed by atoms with E-state index < -0.39 is 0 Å². The van der Waals surface area contributed by atoms with Crippen LogP contribution in [0.5, 0.6) is 0 Å². The van der Waals surface area contributed by atoms with Crippen molar-refractivity contribution >= 4 is 24.8 Å². The number of benzene rings is 2. The molecule has 29 heavy (non-hydrogen) atoms. The first-order valence-corrected chi connectivity index (χ1v) is 10.9. The van der Waals surface area contributed by atoms with Crippen molar-refractivity contribution in [1.82, 2.24) is 0 Å². The predicted molar refractivity (Wildman–Crippen MR) is 118 cm³/mol. The third kappa shape index (κ3) is 8.41. The van der Waals surface area contributed by atoms with Crippen LogP contribution in [-0.2, 0) is 24.2 Å². The van der Waals surface area contributed by atoms with Gasteiger partial charge in [0, 0.05) is 0 Å². The maximum absolute atomic E-state index is 3.37. The molecule has 3 aromatic rings. The molecule has 1 atom stereocenters. The zero-order valence-corrected chi connectivity index (χ0v) is 22.2. The van der Waals surface area contributed by atoms with Crippen molar-refractivity contribution in [1.29, 1.82) is 0 Å². The molecule has 0 radical (unpaired) electrons. The molecule has 0 fully saturated rings. The minimum absolute atomic E-state index is 0. The van der Waals surface area contributed by atoms with Gasteiger partial charge in [0.2, 0.25) is 0 Å². The van der Waals surface area contributed by atoms with Gasteiger partial charge >= 0.3 is 41.3 Å². The molecule has 0 amide bonds. The van der Waals surface area contributed by atoms with Gasteiger partial charge in [0.25, 0.3) is 0 Å². The molecule has 0 saturated carbocycles. The Morgan fingerprint density at radius 1 is 0.931 bits per heavy atom. The summed E-state index contributed by atoms with van der Waals surface area (Å²) in [4.78, 5) is 0. The second-order valence-electron chi connectivity index (χ2n) is 7.65. The van der Waals surface area contributed by atoms with Crippen LogP contribution in [0.15, 0.2) is 71.8 Å². The fourth-order valence-electron chi connectivity index (χ4n) is 3.39. The molecule has 1 aliphatic carbocycles. The van der Waals surface area contributed by atoms with Crippen LogP contribution in [0.1, 0.15) is 41.5 Å². The van der Waals surface area contributed by atoms with Gasteiger partial charge in [-0.1, -0.05) is 75.9 Å². The average Bonchev–Trinajstić information content (AvgIpc) is 3.14. The first kappa shape index (κ1) is 28.1. The van der Waals surface area contributed by atoms with E-state index in [4.69, 9.17) is 0 Å². The Morgan fingerprint density at radius 3 is 1.66 bits per heavy atom. The summed E-state index contributed by atoms with van der Waals surface area (Å²) in [5.41, 5.74) is 2.83. The van der Waals surface area contributed by atoms with Crippen molar-refractivity contribution in [2.75, 3.05) is 0 Å². The van der Waals surface area contributed by atoms with E-state index in [-0.39, 0.29) is 24.8 Å². The van der Waals surface area contributed by atoms with Gasteiger partial charge < -0.3 is 24.8 Å². The SMILES string of the molecule is CC1=[C-]C(C)C=C1C(C)C.C[C](C)=[Zr+2].[Cl-].[Cl-].c1ccc2c(c1)[cH-]c1ccccc12. The van der Waals surface area contributed by atoms with Gasteiger partial charge in [-0.25, -0.2) is 5.57 Å². The van der Waals surface area contributed by atoms with Gasteiger partial charge in [-0.2, -0.15) is 11.6 Å². The van der Waals surface area contributed by atoms with Crippen LogP contribution in [0.4, 0.5) is 0 Å². The Kier molecular flexibility index (Phi) is 13.0. The van der Waals surface area contributed by atoms with Gasteiger partial charge in [-0.15, -0.1) is 39.7 Å². The van der Waals surface area contributed by atoms with Gasteiger partial charge in [-0.3, -0.25) is 6.08 Å². The number of halogens is 2. The third-order valence-corrected chi connectivity index (χ3v) is 4.45. The Morgan fingerprint density at radius 2 is 1.34 bits per heavy atom. The van der Waals surface area contributed by atoms with Gasteiger partial charge in [0.15, 0.2) is 0 Å². The van der Waals surface area contributed by atoms with Gasteiger partial charge in [0.1, 0.15) is 0 Å². The summed E-state index contributed by atoms with van der Waals surface area (Å²) in [5.74, 6) is 1.20. The van der Waals surface area contributed by atoms with E-state index in [2.05, 4.69) is 108 Å². The number of rotatable bonds is 1. The molecule has 0 aliphatic heterocycles. The zero-order chi connectivity index (χ0) is 20.0. The summed E-state index contributed by atoms with van der Waals surface area (Å²) >= 11 is 1.55. The Hall–Kier alpha value is -0.877. The number of fused-ring (bicyclic) bond motifs is 3. The number of hydrogen-bond acceptors (Lipinski definition) is 0. The molecule has 0 saturated heterocycles. The fourth-order valence-corrected chi connectivity index (χ4v) is 3.39. The standard InChI is InChI=1S/C13H9.C10H15.C3H6.2ClH.Zr/c1-3-7-12-10(5-1)9-11-6-2-4-8-13(11)12;1-7(2)10-6-8(3)5-9(10)4;1-3-2;;;/h1-9H;6-8H,1-4H3;1-2H3;2*1H;/q2*-1;;;;+2/p-2. The van der Waals surface area contributed by atoms with E-state index >= 15 is 0 Å². The third-order valence-electron chi connectivity index (χ3n) is 4.45. The van der Waals surface area contributed by atoms with Crippen LogP contribution >= 0.6 is 0 Å². The van der Waals surface area contributed by atoms with Crippen molar-refractivity contribution in [2.45, 2.75) is 41.5 Å². The maximum Gasteiger partial charge on any atom is -0.0771 e. The molecule has 1 unspecified atom stereocenters. The van der Waals surface area contributed by atoms with Crippen LogP contribution in [0.2, 0.25) is 0 Å². The molecule has 3 heteroatoms. The summed E-state index contributed by atoms with van der Waals surface area (Å²) in [5, 5.41) is 5.39. The van der Waals surface area contributed by atoms with Crippen molar-refractivity contribution < 1.29 is 49.0 Å². The van der Waals surface area contributed by atoms with Crippen LogP contribution in [-0.4, -0.2) is 3.21 Å². The normalized spacial score (nSPS) is 14.6. The van der Waals surface area contributed by atoms with Crippen molar-refractivity contribution in [3.05, 3.63) is 77.9 Å². The van der Waals surface area contributed by atoms with E-state index in [0.717, 1.165) is 0 Å². The topological polar surface area (TPSA) is 0 Å². The quantitative estimate of drug-likeness (QED) is 0.440. The Labute approximate surface area is 204 Å². The first-order chi connectivity index (χ1) is 12.8. The summed E-state index contributed by atoms with van der Waals surface area (Å²) in [6.45, 7) is 13.0. The largest absolute Gasteiger partial charge is 1.00 e. The van der Waals surface area contributed by atoms with E-state index in [0.29, 0.717) is 11.8 Å². The van der Waals surface area contributed by atoms with Crippen molar-refractivity contribution in [3.63, 3.8) is 0 Å². The number of hydrogen-bond donors (Lipinski definition) is 0. The molecule has 0 nitrogen and oxygen atoms in total. The maximum atomic E-state index is 3.37. The van der Waals surface area contributed by atoms with Crippen molar-refractivity contribution in [3.8, 4) is 0 Å². The Bertz CT molecular complexity index is 922. The molecular weight excluding hydrogens is 474 g/mol. The molecule has 0 spiro atoms. The van der Waals surface area contributed by atoms with Crippen LogP contribution in [0.3, 0.4) is 0 Å². The molecule has 0 aromatic heterocycles. The first-order valence-electron chi connectivity index (χ1n) is 9.66. The second-order valence-corrected chi connectivity index (χ2v) is 10.1. The smallest absolute Gasteiger partial charge is 0.0771 e. The van der Waals surface area contributed by atoms with E-state index in [1.54, 1.807) is 24.2 Å². The minimum Gasteiger partial charge on any atom is -1.00 e. The van der Waals surface area contributed by atoms with Crippen LogP contribution in [0, 0.1) is 17.9 Å². The Balaban J connectivity index is 0.000000443. The summed E-state index contributed by atoms with van der Waals surface area (Å²) in [6.07, 6.45) is 5.68. The molecule has 0 bridgehead atoms. The number of allylic oxidation sites excluding steroid dienone is 4. The molecule has 0 N–H and O–H groups in total. The molecule has 3 aromatic carbocycles. The van der Waals surface area contributed by atoms with Crippen LogP contribution in [0.25, 0.3) is 21.5 Å². The monoisotopic (exact) mass is 502 g/mol. The molecule has 0 heterocycles. The van der Waals surface area contributed by atoms with E-state index in [1.165, 1.54) is 35.9 Å². The zero-order valence-electron chi connectivity index (χ0n) is 18.2. The summed E-state index contributed by atoms with van der Waals surface area (Å²) in [7, 11) is 0. The van der Waals surface area contributed by atoms with E-state index in [9.17, 15) is 0 Å². The molecular formula is C26H30Cl2Zr-2. The molecule has 1 aliphatic rings. The van der Waals surface area contributed by atoms with Crippen LogP contribution < -0.4 is 24.8 Å². The van der Waals surface area contributed by atoms with E-state index in [1.807, 2.05) is 0 Å². The van der Waals surface area contributed by atoms with Crippen molar-refractivity contribution in [2.24, 2.45) is 11.8 Å². The fraction of sp³-hybridized carbons (Fsp3) is 0.308. The summed E-state index contributed by atoms with van der Waals surface area (Å²) < 4.78 is 1.51. The molecule has 154 valence electrons. The summed E-state index contributed by atoms with van der Waals surface area (Å²) in [6, 6.07) is 19.3. The predicted octanol–water partition coefficient (Wildman–Crippen LogP) is 1.43. The van der Waals surface area contributed by atoms with Gasteiger partial charge in [0.05, 0.1) is 0 Å². The molecule has 4 rings (SSSR count). The van der Waals surface area contributed by atoms with Gasteiger partial charge in [-0.05, 0) is 0 Å².